The van der Waals surface area contributed by atoms with Crippen molar-refractivity contribution < 1.29 is 14.3 Å². The Kier molecular flexibility index (Phi) is 6.62. The van der Waals surface area contributed by atoms with Gasteiger partial charge in [0.15, 0.2) is 0 Å². The molecule has 9 heteroatoms. The van der Waals surface area contributed by atoms with E-state index in [-0.39, 0.29) is 18.0 Å². The summed E-state index contributed by atoms with van der Waals surface area (Å²) in [5.41, 5.74) is 1.43. The maximum atomic E-state index is 13.1. The molecule has 4 rings (SSSR count). The summed E-state index contributed by atoms with van der Waals surface area (Å²) in [5, 5.41) is 3.49. The highest BCUT2D eigenvalue weighted by Gasteiger charge is 2.22. The molecule has 8 nitrogen and oxygen atoms in total. The number of aryl methyl sites for hydroxylation is 2. The van der Waals surface area contributed by atoms with Gasteiger partial charge in [-0.2, -0.15) is 0 Å². The van der Waals surface area contributed by atoms with Crippen molar-refractivity contribution in [2.24, 2.45) is 0 Å². The second-order valence-electron chi connectivity index (χ2n) is 7.52. The van der Waals surface area contributed by atoms with Crippen LogP contribution in [-0.4, -0.2) is 40.8 Å². The third-order valence-electron chi connectivity index (χ3n) is 5.43. The highest BCUT2D eigenvalue weighted by Crippen LogP contribution is 2.28. The predicted octanol–water partition coefficient (Wildman–Crippen LogP) is 2.84. The fourth-order valence-electron chi connectivity index (χ4n) is 3.79. The SMILES string of the molecule is COCCOc1ncccc1CNC(=O)c1sc2nc3n(c(=O)c2c1C)CCCCC3. The first-order chi connectivity index (χ1) is 15.1. The molecule has 0 aromatic carbocycles. The molecule has 1 N–H and O–H groups in total. The summed E-state index contributed by atoms with van der Waals surface area (Å²) in [6.45, 7) is 3.62. The molecule has 0 bridgehead atoms. The number of amides is 1. The third-order valence-corrected chi connectivity index (χ3v) is 6.62. The smallest absolute Gasteiger partial charge is 0.262 e. The van der Waals surface area contributed by atoms with Crippen LogP contribution in [0.1, 0.15) is 45.9 Å². The van der Waals surface area contributed by atoms with Crippen molar-refractivity contribution in [1.82, 2.24) is 19.9 Å². The number of aromatic nitrogens is 3. The third kappa shape index (κ3) is 4.47. The predicted molar refractivity (Wildman–Crippen MR) is 119 cm³/mol. The number of carbonyl (C=O) groups is 1. The molecule has 1 aliphatic heterocycles. The number of thiophene rings is 1. The largest absolute Gasteiger partial charge is 0.475 e. The van der Waals surface area contributed by atoms with Gasteiger partial charge in [-0.15, -0.1) is 11.3 Å². The molecule has 164 valence electrons. The minimum Gasteiger partial charge on any atom is -0.475 e. The second kappa shape index (κ2) is 9.57. The van der Waals surface area contributed by atoms with Gasteiger partial charge in [0.1, 0.15) is 17.3 Å². The number of hydrogen-bond donors (Lipinski definition) is 1. The highest BCUT2D eigenvalue weighted by atomic mass is 32.1. The molecule has 31 heavy (non-hydrogen) atoms. The highest BCUT2D eigenvalue weighted by molar-refractivity contribution is 7.20. The van der Waals surface area contributed by atoms with E-state index in [1.54, 1.807) is 23.9 Å². The molecule has 4 heterocycles. The Morgan fingerprint density at radius 3 is 3.00 bits per heavy atom. The van der Waals surface area contributed by atoms with Crippen molar-refractivity contribution in [2.75, 3.05) is 20.3 Å². The molecule has 1 aliphatic rings. The zero-order valence-electron chi connectivity index (χ0n) is 17.8. The average Bonchev–Trinajstić information content (AvgIpc) is 2.94. The first-order valence-corrected chi connectivity index (χ1v) is 11.3. The van der Waals surface area contributed by atoms with Crippen molar-refractivity contribution >= 4 is 27.5 Å². The molecule has 1 amide bonds. The normalized spacial score (nSPS) is 13.6. The summed E-state index contributed by atoms with van der Waals surface area (Å²) in [7, 11) is 1.61. The monoisotopic (exact) mass is 442 g/mol. The Morgan fingerprint density at radius 1 is 1.29 bits per heavy atom. The van der Waals surface area contributed by atoms with Crippen LogP contribution in [0.25, 0.3) is 10.2 Å². The number of nitrogens with zero attached hydrogens (tertiary/aromatic N) is 3. The zero-order valence-corrected chi connectivity index (χ0v) is 18.6. The van der Waals surface area contributed by atoms with Gasteiger partial charge in [-0.25, -0.2) is 9.97 Å². The lowest BCUT2D eigenvalue weighted by Crippen LogP contribution is -2.25. The van der Waals surface area contributed by atoms with Gasteiger partial charge in [-0.1, -0.05) is 12.5 Å². The molecule has 0 radical (unpaired) electrons. The molecule has 0 spiro atoms. The van der Waals surface area contributed by atoms with E-state index < -0.39 is 0 Å². The lowest BCUT2D eigenvalue weighted by Gasteiger charge is -2.10. The molecule has 3 aromatic rings. The number of methoxy groups -OCH3 is 1. The van der Waals surface area contributed by atoms with Crippen LogP contribution < -0.4 is 15.6 Å². The molecule has 0 saturated heterocycles. The van der Waals surface area contributed by atoms with Gasteiger partial charge < -0.3 is 14.8 Å². The van der Waals surface area contributed by atoms with E-state index in [1.807, 2.05) is 13.0 Å². The number of ether oxygens (including phenoxy) is 2. The Bertz CT molecular complexity index is 1150. The number of pyridine rings is 1. The fourth-order valence-corrected chi connectivity index (χ4v) is 4.90. The van der Waals surface area contributed by atoms with Crippen LogP contribution >= 0.6 is 11.3 Å². The lowest BCUT2D eigenvalue weighted by atomic mass is 10.2. The lowest BCUT2D eigenvalue weighted by molar-refractivity contribution is 0.0953. The van der Waals surface area contributed by atoms with E-state index in [4.69, 9.17) is 14.5 Å². The quantitative estimate of drug-likeness (QED) is 0.566. The number of fused-ring (bicyclic) bond motifs is 2. The molecular formula is C22H26N4O4S. The Hall–Kier alpha value is -2.78. The average molecular weight is 443 g/mol. The summed E-state index contributed by atoms with van der Waals surface area (Å²) in [5.74, 6) is 1.07. The molecule has 0 saturated carbocycles. The van der Waals surface area contributed by atoms with Crippen LogP contribution in [0.15, 0.2) is 23.1 Å². The van der Waals surface area contributed by atoms with Crippen molar-refractivity contribution in [3.63, 3.8) is 0 Å². The van der Waals surface area contributed by atoms with Gasteiger partial charge in [0.2, 0.25) is 5.88 Å². The van der Waals surface area contributed by atoms with Gasteiger partial charge in [0.25, 0.3) is 11.5 Å². The maximum absolute atomic E-state index is 13.1. The van der Waals surface area contributed by atoms with Gasteiger partial charge in [-0.05, 0) is 31.4 Å². The van der Waals surface area contributed by atoms with Crippen LogP contribution in [0, 0.1) is 6.92 Å². The van der Waals surface area contributed by atoms with E-state index in [0.29, 0.717) is 46.3 Å². The Morgan fingerprint density at radius 2 is 2.16 bits per heavy atom. The van der Waals surface area contributed by atoms with E-state index in [2.05, 4.69) is 10.3 Å². The van der Waals surface area contributed by atoms with Crippen molar-refractivity contribution in [1.29, 1.82) is 0 Å². The number of carbonyl (C=O) groups excluding carboxylic acids is 1. The van der Waals surface area contributed by atoms with Crippen LogP contribution in [0.3, 0.4) is 0 Å². The summed E-state index contributed by atoms with van der Waals surface area (Å²) in [4.78, 5) is 36.2. The number of hydrogen-bond acceptors (Lipinski definition) is 7. The van der Waals surface area contributed by atoms with Crippen molar-refractivity contribution in [2.45, 2.75) is 45.7 Å². The summed E-state index contributed by atoms with van der Waals surface area (Å²) in [6.07, 6.45) is 5.57. The number of rotatable bonds is 7. The first kappa shape index (κ1) is 21.5. The van der Waals surface area contributed by atoms with Crippen molar-refractivity contribution in [3.8, 4) is 5.88 Å². The topological polar surface area (TPSA) is 95.3 Å². The fraction of sp³-hybridized carbons (Fsp3) is 0.455. The van der Waals surface area contributed by atoms with Crippen LogP contribution in [0.4, 0.5) is 0 Å². The van der Waals surface area contributed by atoms with Gasteiger partial charge in [0.05, 0.1) is 16.9 Å². The van der Waals surface area contributed by atoms with Crippen LogP contribution in [-0.2, 0) is 24.2 Å². The van der Waals surface area contributed by atoms with Gasteiger partial charge in [0, 0.05) is 38.4 Å². The number of nitrogens with one attached hydrogen (secondary N) is 1. The molecule has 0 aliphatic carbocycles. The van der Waals surface area contributed by atoms with Crippen LogP contribution in [0.5, 0.6) is 5.88 Å². The standard InChI is InChI=1S/C22H26N4O4S/c1-14-17-21(25-16-8-4-3-5-10-26(16)22(17)28)31-18(14)19(27)24-13-15-7-6-9-23-20(15)30-12-11-29-2/h6-7,9H,3-5,8,10-13H2,1-2H3,(H,24,27). The van der Waals surface area contributed by atoms with E-state index >= 15 is 0 Å². The van der Waals surface area contributed by atoms with E-state index in [0.717, 1.165) is 37.1 Å². The van der Waals surface area contributed by atoms with Crippen LogP contribution in [0.2, 0.25) is 0 Å². The molecule has 3 aromatic heterocycles. The Balaban J connectivity index is 1.56. The summed E-state index contributed by atoms with van der Waals surface area (Å²) < 4.78 is 12.4. The van der Waals surface area contributed by atoms with Gasteiger partial charge >= 0.3 is 0 Å². The summed E-state index contributed by atoms with van der Waals surface area (Å²) >= 11 is 1.28. The minimum absolute atomic E-state index is 0.0317. The minimum atomic E-state index is -0.230. The molecule has 0 fully saturated rings. The van der Waals surface area contributed by atoms with Crippen molar-refractivity contribution in [3.05, 3.63) is 50.5 Å². The summed E-state index contributed by atoms with van der Waals surface area (Å²) in [6, 6.07) is 3.66. The Labute approximate surface area is 184 Å². The molecule has 0 atom stereocenters. The zero-order chi connectivity index (χ0) is 21.8. The van der Waals surface area contributed by atoms with E-state index in [1.165, 1.54) is 11.3 Å². The maximum Gasteiger partial charge on any atom is 0.262 e. The van der Waals surface area contributed by atoms with Gasteiger partial charge in [-0.3, -0.25) is 14.2 Å². The first-order valence-electron chi connectivity index (χ1n) is 10.5. The molecule has 0 unspecified atom stereocenters. The van der Waals surface area contributed by atoms with E-state index in [9.17, 15) is 9.59 Å². The molecular weight excluding hydrogens is 416 g/mol. The second-order valence-corrected chi connectivity index (χ2v) is 8.52.